The summed E-state index contributed by atoms with van der Waals surface area (Å²) in [6, 6.07) is 0. The van der Waals surface area contributed by atoms with E-state index in [1.165, 1.54) is 12.8 Å². The average molecular weight is 292 g/mol. The zero-order valence-corrected chi connectivity index (χ0v) is 12.4. The number of hydrogen-bond acceptors (Lipinski definition) is 3. The Bertz CT molecular complexity index is 455. The second-order valence-electron chi connectivity index (χ2n) is 8.25. The predicted molar refractivity (Wildman–Crippen MR) is 74.6 cm³/mol. The Morgan fingerprint density at radius 2 is 1.52 bits per heavy atom. The third-order valence-corrected chi connectivity index (χ3v) is 7.09. The quantitative estimate of drug-likeness (QED) is 0.807. The molecular weight excluding hydrogens is 268 g/mol. The van der Waals surface area contributed by atoms with Gasteiger partial charge in [-0.05, 0) is 50.9 Å². The van der Waals surface area contributed by atoms with Crippen LogP contribution in [0.2, 0.25) is 0 Å². The fraction of sp³-hybridized carbons (Fsp3) is 0.941. The minimum absolute atomic E-state index is 0.275. The maximum absolute atomic E-state index is 11.8. The lowest BCUT2D eigenvalue weighted by atomic mass is 9.47. The topological polar surface area (TPSA) is 55.8 Å². The summed E-state index contributed by atoms with van der Waals surface area (Å²) in [6.45, 7) is 0. The minimum Gasteiger partial charge on any atom is -0.481 e. The predicted octanol–water partition coefficient (Wildman–Crippen LogP) is 2.95. The highest BCUT2D eigenvalue weighted by Gasteiger charge is 2.69. The Morgan fingerprint density at radius 1 is 0.952 bits per heavy atom. The van der Waals surface area contributed by atoms with E-state index in [2.05, 4.69) is 0 Å². The summed E-state index contributed by atoms with van der Waals surface area (Å²) in [5, 5.41) is 9.73. The largest absolute Gasteiger partial charge is 0.481 e. The molecule has 0 amide bonds. The van der Waals surface area contributed by atoms with Crippen LogP contribution in [0.25, 0.3) is 0 Å². The third-order valence-electron chi connectivity index (χ3n) is 7.09. The number of hydrogen-bond donors (Lipinski definition) is 1. The second kappa shape index (κ2) is 4.02. The molecule has 1 spiro atoms. The molecule has 6 fully saturated rings. The van der Waals surface area contributed by atoms with E-state index in [0.29, 0.717) is 17.8 Å². The Labute approximate surface area is 125 Å². The van der Waals surface area contributed by atoms with Crippen LogP contribution in [0.15, 0.2) is 0 Å². The van der Waals surface area contributed by atoms with Crippen molar-refractivity contribution in [1.82, 2.24) is 0 Å². The second-order valence-corrected chi connectivity index (χ2v) is 8.25. The Balaban J connectivity index is 1.49. The molecule has 4 unspecified atom stereocenters. The summed E-state index contributed by atoms with van der Waals surface area (Å²) in [5.74, 6) is 0.206. The van der Waals surface area contributed by atoms with Crippen molar-refractivity contribution in [2.24, 2.45) is 23.2 Å². The third kappa shape index (κ3) is 1.56. The lowest BCUT2D eigenvalue weighted by Crippen LogP contribution is -2.63. The molecule has 0 aromatic heterocycles. The Kier molecular flexibility index (Phi) is 2.47. The van der Waals surface area contributed by atoms with Gasteiger partial charge in [0.2, 0.25) is 0 Å². The summed E-state index contributed by atoms with van der Waals surface area (Å²) in [4.78, 5) is 11.8. The van der Waals surface area contributed by atoms with E-state index in [0.717, 1.165) is 44.9 Å². The van der Waals surface area contributed by atoms with Crippen LogP contribution >= 0.6 is 0 Å². The van der Waals surface area contributed by atoms with Crippen LogP contribution in [0.1, 0.15) is 57.8 Å². The van der Waals surface area contributed by atoms with Crippen molar-refractivity contribution in [3.8, 4) is 0 Å². The van der Waals surface area contributed by atoms with E-state index < -0.39 is 17.2 Å². The van der Waals surface area contributed by atoms with E-state index >= 15 is 0 Å². The molecule has 6 aliphatic rings. The molecule has 1 aliphatic heterocycles. The van der Waals surface area contributed by atoms with Crippen LogP contribution in [0.3, 0.4) is 0 Å². The van der Waals surface area contributed by atoms with Gasteiger partial charge in [-0.25, -0.2) is 0 Å². The van der Waals surface area contributed by atoms with Gasteiger partial charge >= 0.3 is 5.97 Å². The molecule has 4 atom stereocenters. The molecule has 4 bridgehead atoms. The highest BCUT2D eigenvalue weighted by Crippen LogP contribution is 2.67. The molecule has 4 nitrogen and oxygen atoms in total. The summed E-state index contributed by atoms with van der Waals surface area (Å²) >= 11 is 0. The molecule has 0 aromatic rings. The van der Waals surface area contributed by atoms with Gasteiger partial charge in [0.25, 0.3) is 0 Å². The number of carboxylic acid groups (broad SMARTS) is 1. The standard InChI is InChI=1S/C17H24O4/c18-15(19)16-7-10-5-11(8-16)17(12(6-10)9-16)20-13-3-1-2-4-14(13)21-17/h10-14H,1-9H2,(H,18,19). The summed E-state index contributed by atoms with van der Waals surface area (Å²) in [6.07, 6.45) is 9.96. The fourth-order valence-electron chi connectivity index (χ4n) is 6.41. The summed E-state index contributed by atoms with van der Waals surface area (Å²) in [7, 11) is 0. The van der Waals surface area contributed by atoms with Crippen molar-refractivity contribution in [2.45, 2.75) is 75.8 Å². The first-order valence-electron chi connectivity index (χ1n) is 8.70. The number of aliphatic carboxylic acids is 1. The molecule has 1 N–H and O–H groups in total. The molecule has 116 valence electrons. The zero-order valence-electron chi connectivity index (χ0n) is 12.4. The van der Waals surface area contributed by atoms with Gasteiger partial charge in [-0.2, -0.15) is 0 Å². The van der Waals surface area contributed by atoms with Gasteiger partial charge in [0.15, 0.2) is 5.79 Å². The van der Waals surface area contributed by atoms with Gasteiger partial charge in [0.05, 0.1) is 17.6 Å². The van der Waals surface area contributed by atoms with Crippen molar-refractivity contribution >= 4 is 5.97 Å². The lowest BCUT2D eigenvalue weighted by Gasteiger charge is -2.61. The monoisotopic (exact) mass is 292 g/mol. The van der Waals surface area contributed by atoms with Crippen molar-refractivity contribution < 1.29 is 19.4 Å². The molecular formula is C17H24O4. The van der Waals surface area contributed by atoms with Gasteiger partial charge in [0, 0.05) is 11.8 Å². The van der Waals surface area contributed by atoms with Crippen molar-refractivity contribution in [2.75, 3.05) is 0 Å². The maximum Gasteiger partial charge on any atom is 0.309 e. The zero-order chi connectivity index (χ0) is 14.2. The number of carboxylic acids is 1. The first-order chi connectivity index (χ1) is 10.1. The highest BCUT2D eigenvalue weighted by atomic mass is 16.8. The van der Waals surface area contributed by atoms with Crippen LogP contribution in [0.4, 0.5) is 0 Å². The van der Waals surface area contributed by atoms with Gasteiger partial charge in [0.1, 0.15) is 0 Å². The van der Waals surface area contributed by atoms with Crippen LogP contribution in [-0.4, -0.2) is 29.1 Å². The summed E-state index contributed by atoms with van der Waals surface area (Å²) in [5.41, 5.74) is -0.470. The molecule has 1 saturated heterocycles. The van der Waals surface area contributed by atoms with E-state index in [-0.39, 0.29) is 12.2 Å². The van der Waals surface area contributed by atoms with Crippen LogP contribution in [0.5, 0.6) is 0 Å². The average Bonchev–Trinajstić information content (AvgIpc) is 2.84. The molecule has 21 heavy (non-hydrogen) atoms. The maximum atomic E-state index is 11.8. The number of ether oxygens (including phenoxy) is 2. The first kappa shape index (κ1) is 12.9. The normalized spacial score (nSPS) is 57.6. The molecule has 0 aromatic carbocycles. The lowest BCUT2D eigenvalue weighted by molar-refractivity contribution is -0.310. The van der Waals surface area contributed by atoms with Gasteiger partial charge in [-0.15, -0.1) is 0 Å². The minimum atomic E-state index is -0.577. The van der Waals surface area contributed by atoms with E-state index in [1.54, 1.807) is 0 Å². The van der Waals surface area contributed by atoms with Crippen molar-refractivity contribution in [1.29, 1.82) is 0 Å². The van der Waals surface area contributed by atoms with Gasteiger partial charge in [-0.1, -0.05) is 12.8 Å². The fourth-order valence-corrected chi connectivity index (χ4v) is 6.41. The van der Waals surface area contributed by atoms with Crippen LogP contribution < -0.4 is 0 Å². The van der Waals surface area contributed by atoms with Crippen molar-refractivity contribution in [3.63, 3.8) is 0 Å². The van der Waals surface area contributed by atoms with E-state index in [9.17, 15) is 9.90 Å². The molecule has 0 radical (unpaired) electrons. The van der Waals surface area contributed by atoms with Crippen molar-refractivity contribution in [3.05, 3.63) is 0 Å². The molecule has 4 heteroatoms. The molecule has 5 saturated carbocycles. The number of fused-ring (bicyclic) bond motifs is 1. The van der Waals surface area contributed by atoms with Crippen LogP contribution in [-0.2, 0) is 14.3 Å². The molecule has 1 heterocycles. The van der Waals surface area contributed by atoms with Crippen LogP contribution in [0, 0.1) is 23.2 Å². The smallest absolute Gasteiger partial charge is 0.309 e. The Hall–Kier alpha value is -0.610. The van der Waals surface area contributed by atoms with Gasteiger partial charge < -0.3 is 14.6 Å². The van der Waals surface area contributed by atoms with E-state index in [4.69, 9.17) is 9.47 Å². The highest BCUT2D eigenvalue weighted by molar-refractivity contribution is 5.75. The SMILES string of the molecule is O=C(O)C12CC3CC(C1)C1(OC4CCCCC4O1)C(C3)C2. The number of rotatable bonds is 1. The van der Waals surface area contributed by atoms with E-state index in [1.807, 2.05) is 0 Å². The molecule has 6 rings (SSSR count). The Morgan fingerprint density at radius 3 is 2.05 bits per heavy atom. The summed E-state index contributed by atoms with van der Waals surface area (Å²) < 4.78 is 13.1. The first-order valence-corrected chi connectivity index (χ1v) is 8.70. The van der Waals surface area contributed by atoms with Gasteiger partial charge in [-0.3, -0.25) is 4.79 Å². The number of carbonyl (C=O) groups is 1. The molecule has 5 aliphatic carbocycles.